The zero-order chi connectivity index (χ0) is 12.3. The van der Waals surface area contributed by atoms with Gasteiger partial charge in [0.25, 0.3) is 0 Å². The molecule has 0 aromatic carbocycles. The van der Waals surface area contributed by atoms with Crippen molar-refractivity contribution in [2.24, 2.45) is 11.7 Å². The zero-order valence-electron chi connectivity index (χ0n) is 10.9. The van der Waals surface area contributed by atoms with Crippen molar-refractivity contribution in [3.05, 3.63) is 0 Å². The van der Waals surface area contributed by atoms with Crippen LogP contribution in [0.3, 0.4) is 0 Å². The van der Waals surface area contributed by atoms with Gasteiger partial charge < -0.3 is 15.5 Å². The highest BCUT2D eigenvalue weighted by atomic mass is 16.2. The average Bonchev–Trinajstić information content (AvgIpc) is 2.62. The topological polar surface area (TPSA) is 49.6 Å². The van der Waals surface area contributed by atoms with E-state index in [1.807, 2.05) is 18.7 Å². The Morgan fingerprint density at radius 1 is 1.50 bits per heavy atom. The highest BCUT2D eigenvalue weighted by Crippen LogP contribution is 2.20. The average molecular weight is 227 g/mol. The molecule has 0 spiro atoms. The van der Waals surface area contributed by atoms with Crippen LogP contribution >= 0.6 is 0 Å². The molecule has 0 aromatic rings. The first kappa shape index (κ1) is 13.5. The summed E-state index contributed by atoms with van der Waals surface area (Å²) < 4.78 is 0. The Hall–Kier alpha value is -0.610. The molecule has 16 heavy (non-hydrogen) atoms. The standard InChI is InChI=1S/C12H25N3O/c1-9(10(2)13)12(16)15-7-5-6-11(15)8-14(3)4/h9-11H,5-8,13H2,1-4H3. The summed E-state index contributed by atoms with van der Waals surface area (Å²) in [7, 11) is 4.10. The molecule has 1 fully saturated rings. The van der Waals surface area contributed by atoms with Crippen LogP contribution in [0.1, 0.15) is 26.7 Å². The highest BCUT2D eigenvalue weighted by Gasteiger charge is 2.32. The second-order valence-corrected chi connectivity index (χ2v) is 5.24. The molecule has 1 aliphatic rings. The summed E-state index contributed by atoms with van der Waals surface area (Å²) in [5.74, 6) is 0.155. The van der Waals surface area contributed by atoms with E-state index in [2.05, 4.69) is 19.0 Å². The number of hydrogen-bond donors (Lipinski definition) is 1. The summed E-state index contributed by atoms with van der Waals surface area (Å²) >= 11 is 0. The summed E-state index contributed by atoms with van der Waals surface area (Å²) in [4.78, 5) is 16.4. The predicted octanol–water partition coefficient (Wildman–Crippen LogP) is 0.522. The van der Waals surface area contributed by atoms with Gasteiger partial charge in [-0.25, -0.2) is 0 Å². The number of carbonyl (C=O) groups is 1. The second kappa shape index (κ2) is 5.64. The molecule has 94 valence electrons. The molecule has 0 bridgehead atoms. The van der Waals surface area contributed by atoms with Crippen LogP contribution in [-0.2, 0) is 4.79 Å². The zero-order valence-corrected chi connectivity index (χ0v) is 10.9. The molecule has 4 heteroatoms. The van der Waals surface area contributed by atoms with Crippen molar-refractivity contribution >= 4 is 5.91 Å². The SMILES string of the molecule is CC(N)C(C)C(=O)N1CCCC1CN(C)C. The van der Waals surface area contributed by atoms with Crippen LogP contribution in [0, 0.1) is 5.92 Å². The lowest BCUT2D eigenvalue weighted by atomic mass is 10.0. The first-order valence-corrected chi connectivity index (χ1v) is 6.14. The van der Waals surface area contributed by atoms with E-state index >= 15 is 0 Å². The molecule has 0 radical (unpaired) electrons. The number of rotatable bonds is 4. The summed E-state index contributed by atoms with van der Waals surface area (Å²) in [5.41, 5.74) is 5.79. The molecule has 3 atom stereocenters. The van der Waals surface area contributed by atoms with Gasteiger partial charge in [-0.05, 0) is 33.9 Å². The molecule has 0 saturated carbocycles. The van der Waals surface area contributed by atoms with E-state index < -0.39 is 0 Å². The fourth-order valence-corrected chi connectivity index (χ4v) is 2.22. The minimum absolute atomic E-state index is 0.0619. The summed E-state index contributed by atoms with van der Waals surface area (Å²) in [6.07, 6.45) is 2.24. The number of likely N-dealkylation sites (N-methyl/N-ethyl adjacent to an activating group) is 1. The first-order valence-electron chi connectivity index (χ1n) is 6.14. The van der Waals surface area contributed by atoms with Crippen LogP contribution in [0.4, 0.5) is 0 Å². The van der Waals surface area contributed by atoms with Crippen LogP contribution < -0.4 is 5.73 Å². The molecule has 1 amide bonds. The minimum Gasteiger partial charge on any atom is -0.338 e. The van der Waals surface area contributed by atoms with E-state index in [1.165, 1.54) is 0 Å². The lowest BCUT2D eigenvalue weighted by molar-refractivity contribution is -0.136. The van der Waals surface area contributed by atoms with Crippen molar-refractivity contribution in [3.8, 4) is 0 Å². The van der Waals surface area contributed by atoms with Crippen LogP contribution in [0.25, 0.3) is 0 Å². The van der Waals surface area contributed by atoms with Crippen LogP contribution in [-0.4, -0.2) is 55.0 Å². The minimum atomic E-state index is -0.0669. The van der Waals surface area contributed by atoms with Crippen LogP contribution in [0.15, 0.2) is 0 Å². The molecule has 4 nitrogen and oxygen atoms in total. The summed E-state index contributed by atoms with van der Waals surface area (Å²) in [6.45, 7) is 5.68. The lowest BCUT2D eigenvalue weighted by Crippen LogP contribution is -2.46. The normalized spacial score (nSPS) is 24.9. The van der Waals surface area contributed by atoms with E-state index in [0.29, 0.717) is 6.04 Å². The monoisotopic (exact) mass is 227 g/mol. The van der Waals surface area contributed by atoms with E-state index in [0.717, 1.165) is 25.9 Å². The number of hydrogen-bond acceptors (Lipinski definition) is 3. The van der Waals surface area contributed by atoms with Crippen LogP contribution in [0.5, 0.6) is 0 Å². The Morgan fingerprint density at radius 2 is 2.12 bits per heavy atom. The predicted molar refractivity (Wildman–Crippen MR) is 66.1 cm³/mol. The largest absolute Gasteiger partial charge is 0.338 e. The number of carbonyl (C=O) groups excluding carboxylic acids is 1. The number of nitrogens with zero attached hydrogens (tertiary/aromatic N) is 2. The number of likely N-dealkylation sites (tertiary alicyclic amines) is 1. The molecule has 1 heterocycles. The number of amides is 1. The molecule has 3 unspecified atom stereocenters. The van der Waals surface area contributed by atoms with E-state index in [4.69, 9.17) is 5.73 Å². The molecule has 1 aliphatic heterocycles. The third kappa shape index (κ3) is 3.19. The highest BCUT2D eigenvalue weighted by molar-refractivity contribution is 5.79. The summed E-state index contributed by atoms with van der Waals surface area (Å²) in [5, 5.41) is 0. The maximum atomic E-state index is 12.2. The lowest BCUT2D eigenvalue weighted by Gasteiger charge is -2.30. The van der Waals surface area contributed by atoms with Crippen LogP contribution in [0.2, 0.25) is 0 Å². The Morgan fingerprint density at radius 3 is 2.62 bits per heavy atom. The third-order valence-electron chi connectivity index (χ3n) is 3.41. The van der Waals surface area contributed by atoms with Gasteiger partial charge in [0.1, 0.15) is 0 Å². The Balaban J connectivity index is 2.60. The quantitative estimate of drug-likeness (QED) is 0.762. The van der Waals surface area contributed by atoms with Gasteiger partial charge in [0.15, 0.2) is 0 Å². The van der Waals surface area contributed by atoms with E-state index in [1.54, 1.807) is 0 Å². The van der Waals surface area contributed by atoms with Gasteiger partial charge in [-0.3, -0.25) is 4.79 Å². The van der Waals surface area contributed by atoms with Crippen molar-refractivity contribution in [1.29, 1.82) is 0 Å². The van der Waals surface area contributed by atoms with Crippen molar-refractivity contribution < 1.29 is 4.79 Å². The van der Waals surface area contributed by atoms with Crippen molar-refractivity contribution in [3.63, 3.8) is 0 Å². The second-order valence-electron chi connectivity index (χ2n) is 5.24. The van der Waals surface area contributed by atoms with E-state index in [9.17, 15) is 4.79 Å². The molecule has 1 rings (SSSR count). The van der Waals surface area contributed by atoms with Gasteiger partial charge in [-0.1, -0.05) is 6.92 Å². The van der Waals surface area contributed by atoms with Crippen molar-refractivity contribution in [2.75, 3.05) is 27.2 Å². The Bertz CT molecular complexity index is 240. The van der Waals surface area contributed by atoms with Crippen molar-refractivity contribution in [2.45, 2.75) is 38.8 Å². The van der Waals surface area contributed by atoms with Crippen molar-refractivity contribution in [1.82, 2.24) is 9.80 Å². The first-order chi connectivity index (χ1) is 7.43. The molecular formula is C12H25N3O. The van der Waals surface area contributed by atoms with Gasteiger partial charge >= 0.3 is 0 Å². The number of nitrogens with two attached hydrogens (primary N) is 1. The fraction of sp³-hybridized carbons (Fsp3) is 0.917. The third-order valence-corrected chi connectivity index (χ3v) is 3.41. The van der Waals surface area contributed by atoms with Gasteiger partial charge in [0.05, 0.1) is 5.92 Å². The van der Waals surface area contributed by atoms with Gasteiger partial charge in [-0.2, -0.15) is 0 Å². The Labute approximate surface area is 98.8 Å². The molecule has 0 aliphatic carbocycles. The maximum absolute atomic E-state index is 12.2. The summed E-state index contributed by atoms with van der Waals surface area (Å²) in [6, 6.07) is 0.316. The molecule has 0 aromatic heterocycles. The fourth-order valence-electron chi connectivity index (χ4n) is 2.22. The molecule has 1 saturated heterocycles. The molecule has 2 N–H and O–H groups in total. The van der Waals surface area contributed by atoms with Gasteiger partial charge in [0, 0.05) is 25.2 Å². The van der Waals surface area contributed by atoms with E-state index in [-0.39, 0.29) is 17.9 Å². The molecular weight excluding hydrogens is 202 g/mol. The van der Waals surface area contributed by atoms with Gasteiger partial charge in [0.2, 0.25) is 5.91 Å². The van der Waals surface area contributed by atoms with Gasteiger partial charge in [-0.15, -0.1) is 0 Å². The smallest absolute Gasteiger partial charge is 0.227 e. The Kier molecular flexibility index (Phi) is 4.74. The maximum Gasteiger partial charge on any atom is 0.227 e.